The molecule has 1 aromatic carbocycles. The van der Waals surface area contributed by atoms with Crippen LogP contribution in [-0.4, -0.2) is 30.9 Å². The molecule has 1 heterocycles. The van der Waals surface area contributed by atoms with E-state index in [4.69, 9.17) is 10.5 Å². The fourth-order valence-electron chi connectivity index (χ4n) is 2.90. The van der Waals surface area contributed by atoms with Gasteiger partial charge in [0.1, 0.15) is 0 Å². The van der Waals surface area contributed by atoms with E-state index in [2.05, 4.69) is 4.90 Å². The Balaban J connectivity index is 2.27. The maximum Gasteiger partial charge on any atom is 0.167 e. The van der Waals surface area contributed by atoms with E-state index in [1.165, 1.54) is 6.07 Å². The van der Waals surface area contributed by atoms with E-state index in [1.54, 1.807) is 6.07 Å². The SMILES string of the molecule is CCCOc1cc(N2CCCCC2CCO)c(N)cc1F. The van der Waals surface area contributed by atoms with Crippen LogP contribution in [0.25, 0.3) is 0 Å². The number of nitrogen functional groups attached to an aromatic ring is 1. The van der Waals surface area contributed by atoms with E-state index in [0.717, 1.165) is 37.9 Å². The van der Waals surface area contributed by atoms with Gasteiger partial charge in [0.2, 0.25) is 0 Å². The molecule has 1 aromatic rings. The molecule has 0 aliphatic carbocycles. The second-order valence-electron chi connectivity index (χ2n) is 5.55. The highest BCUT2D eigenvalue weighted by atomic mass is 19.1. The van der Waals surface area contributed by atoms with E-state index in [0.29, 0.717) is 18.7 Å². The lowest BCUT2D eigenvalue weighted by Gasteiger charge is -2.38. The van der Waals surface area contributed by atoms with E-state index >= 15 is 0 Å². The van der Waals surface area contributed by atoms with E-state index < -0.39 is 5.82 Å². The van der Waals surface area contributed by atoms with Gasteiger partial charge >= 0.3 is 0 Å². The van der Waals surface area contributed by atoms with Crippen molar-refractivity contribution in [2.24, 2.45) is 0 Å². The molecule has 1 atom stereocenters. The molecular formula is C16H25FN2O2. The zero-order chi connectivity index (χ0) is 15.2. The number of hydrogen-bond donors (Lipinski definition) is 2. The van der Waals surface area contributed by atoms with Crippen LogP contribution in [0, 0.1) is 5.82 Å². The number of aliphatic hydroxyl groups is 1. The van der Waals surface area contributed by atoms with Crippen molar-refractivity contribution in [2.75, 3.05) is 30.4 Å². The monoisotopic (exact) mass is 296 g/mol. The first kappa shape index (κ1) is 15.9. The van der Waals surface area contributed by atoms with Gasteiger partial charge in [-0.1, -0.05) is 6.92 Å². The zero-order valence-electron chi connectivity index (χ0n) is 12.6. The molecule has 0 bridgehead atoms. The molecule has 1 aliphatic heterocycles. The van der Waals surface area contributed by atoms with Crippen molar-refractivity contribution in [3.8, 4) is 5.75 Å². The van der Waals surface area contributed by atoms with Gasteiger partial charge in [0.05, 0.1) is 18.0 Å². The van der Waals surface area contributed by atoms with Crippen molar-refractivity contribution < 1.29 is 14.2 Å². The Bertz CT molecular complexity index is 466. The zero-order valence-corrected chi connectivity index (χ0v) is 12.6. The maximum absolute atomic E-state index is 13.9. The number of nitrogens with zero attached hydrogens (tertiary/aromatic N) is 1. The molecular weight excluding hydrogens is 271 g/mol. The van der Waals surface area contributed by atoms with Gasteiger partial charge in [-0.15, -0.1) is 0 Å². The van der Waals surface area contributed by atoms with Crippen molar-refractivity contribution in [1.29, 1.82) is 0 Å². The number of nitrogens with two attached hydrogens (primary N) is 1. The van der Waals surface area contributed by atoms with Crippen molar-refractivity contribution in [3.63, 3.8) is 0 Å². The molecule has 1 saturated heterocycles. The first-order chi connectivity index (χ1) is 10.2. The fourth-order valence-corrected chi connectivity index (χ4v) is 2.90. The van der Waals surface area contributed by atoms with E-state index in [-0.39, 0.29) is 18.4 Å². The fraction of sp³-hybridized carbons (Fsp3) is 0.625. The predicted octanol–water partition coefficient (Wildman–Crippen LogP) is 2.94. The second-order valence-corrected chi connectivity index (χ2v) is 5.55. The van der Waals surface area contributed by atoms with Gasteiger partial charge in [-0.3, -0.25) is 0 Å². The van der Waals surface area contributed by atoms with Crippen LogP contribution >= 0.6 is 0 Å². The van der Waals surface area contributed by atoms with Crippen LogP contribution in [0.2, 0.25) is 0 Å². The molecule has 0 aromatic heterocycles. The van der Waals surface area contributed by atoms with Crippen molar-refractivity contribution >= 4 is 11.4 Å². The molecule has 0 radical (unpaired) electrons. The van der Waals surface area contributed by atoms with Crippen LogP contribution in [0.3, 0.4) is 0 Å². The molecule has 2 rings (SSSR count). The number of benzene rings is 1. The summed E-state index contributed by atoms with van der Waals surface area (Å²) in [4.78, 5) is 2.19. The summed E-state index contributed by atoms with van der Waals surface area (Å²) in [5.41, 5.74) is 7.26. The quantitative estimate of drug-likeness (QED) is 0.792. The number of anilines is 2. The average molecular weight is 296 g/mol. The van der Waals surface area contributed by atoms with Crippen LogP contribution < -0.4 is 15.4 Å². The lowest BCUT2D eigenvalue weighted by atomic mass is 9.98. The number of ether oxygens (including phenoxy) is 1. The first-order valence-corrected chi connectivity index (χ1v) is 7.76. The number of hydrogen-bond acceptors (Lipinski definition) is 4. The smallest absolute Gasteiger partial charge is 0.167 e. The van der Waals surface area contributed by atoms with Crippen LogP contribution in [0.4, 0.5) is 15.8 Å². The van der Waals surface area contributed by atoms with Crippen molar-refractivity contribution in [2.45, 2.75) is 45.1 Å². The van der Waals surface area contributed by atoms with Crippen LogP contribution in [0.1, 0.15) is 39.0 Å². The highest BCUT2D eigenvalue weighted by molar-refractivity contribution is 5.70. The minimum atomic E-state index is -0.416. The van der Waals surface area contributed by atoms with Crippen LogP contribution in [-0.2, 0) is 0 Å². The maximum atomic E-state index is 13.9. The third-order valence-electron chi connectivity index (χ3n) is 3.94. The molecule has 21 heavy (non-hydrogen) atoms. The van der Waals surface area contributed by atoms with Crippen LogP contribution in [0.15, 0.2) is 12.1 Å². The lowest BCUT2D eigenvalue weighted by Crippen LogP contribution is -2.40. The summed E-state index contributed by atoms with van der Waals surface area (Å²) in [5, 5.41) is 9.22. The van der Waals surface area contributed by atoms with Gasteiger partial charge in [0.25, 0.3) is 0 Å². The van der Waals surface area contributed by atoms with E-state index in [1.807, 2.05) is 6.92 Å². The normalized spacial score (nSPS) is 18.8. The van der Waals surface area contributed by atoms with Gasteiger partial charge in [0, 0.05) is 31.3 Å². The summed E-state index contributed by atoms with van der Waals surface area (Å²) in [7, 11) is 0. The molecule has 4 nitrogen and oxygen atoms in total. The minimum absolute atomic E-state index is 0.154. The average Bonchev–Trinajstić information content (AvgIpc) is 2.48. The molecule has 1 aliphatic rings. The number of aliphatic hydroxyl groups excluding tert-OH is 1. The Morgan fingerprint density at radius 1 is 1.43 bits per heavy atom. The minimum Gasteiger partial charge on any atom is -0.490 e. The summed E-state index contributed by atoms with van der Waals surface area (Å²) >= 11 is 0. The molecule has 1 fully saturated rings. The predicted molar refractivity (Wildman–Crippen MR) is 83.3 cm³/mol. The van der Waals surface area contributed by atoms with Gasteiger partial charge in [0.15, 0.2) is 11.6 Å². The molecule has 5 heteroatoms. The molecule has 1 unspecified atom stereocenters. The van der Waals surface area contributed by atoms with Gasteiger partial charge in [-0.25, -0.2) is 4.39 Å². The highest BCUT2D eigenvalue weighted by Gasteiger charge is 2.25. The highest BCUT2D eigenvalue weighted by Crippen LogP contribution is 2.35. The van der Waals surface area contributed by atoms with Gasteiger partial charge < -0.3 is 20.5 Å². The molecule has 118 valence electrons. The Labute approximate surface area is 125 Å². The Kier molecular flexibility index (Phi) is 5.67. The summed E-state index contributed by atoms with van der Waals surface area (Å²) in [6.07, 6.45) is 4.81. The number of rotatable bonds is 6. The second kappa shape index (κ2) is 7.50. The molecule has 0 amide bonds. The Morgan fingerprint density at radius 3 is 2.95 bits per heavy atom. The van der Waals surface area contributed by atoms with Crippen LogP contribution in [0.5, 0.6) is 5.75 Å². The van der Waals surface area contributed by atoms with Gasteiger partial charge in [-0.05, 0) is 32.1 Å². The van der Waals surface area contributed by atoms with Gasteiger partial charge in [-0.2, -0.15) is 0 Å². The topological polar surface area (TPSA) is 58.7 Å². The summed E-state index contributed by atoms with van der Waals surface area (Å²) in [6.45, 7) is 3.51. The largest absolute Gasteiger partial charge is 0.490 e. The Morgan fingerprint density at radius 2 is 2.24 bits per heavy atom. The summed E-state index contributed by atoms with van der Waals surface area (Å²) < 4.78 is 19.4. The van der Waals surface area contributed by atoms with Crippen molar-refractivity contribution in [1.82, 2.24) is 0 Å². The first-order valence-electron chi connectivity index (χ1n) is 7.76. The van der Waals surface area contributed by atoms with E-state index in [9.17, 15) is 9.50 Å². The third kappa shape index (κ3) is 3.79. The number of piperidine rings is 1. The lowest BCUT2D eigenvalue weighted by molar-refractivity contribution is 0.262. The van der Waals surface area contributed by atoms with Crippen molar-refractivity contribution in [3.05, 3.63) is 17.9 Å². The third-order valence-corrected chi connectivity index (χ3v) is 3.94. The summed E-state index contributed by atoms with van der Waals surface area (Å²) in [5.74, 6) is -0.158. The molecule has 0 saturated carbocycles. The Hall–Kier alpha value is -1.49. The summed E-state index contributed by atoms with van der Waals surface area (Å²) in [6, 6.07) is 3.30. The standard InChI is InChI=1S/C16H25FN2O2/c1-2-9-21-16-11-15(14(18)10-13(16)17)19-7-4-3-5-12(19)6-8-20/h10-12,20H,2-9,18H2,1H3. The molecule has 0 spiro atoms. The molecule has 3 N–H and O–H groups in total. The number of halogens is 1.